The van der Waals surface area contributed by atoms with E-state index in [0.717, 1.165) is 82.3 Å². The lowest BCUT2D eigenvalue weighted by Gasteiger charge is -2.26. The molecule has 0 fully saturated rings. The van der Waals surface area contributed by atoms with Gasteiger partial charge in [-0.05, 0) is 52.6 Å². The molecule has 4 aromatic carbocycles. The first kappa shape index (κ1) is 41.2. The van der Waals surface area contributed by atoms with Gasteiger partial charge in [0.1, 0.15) is 0 Å². The Bertz CT molecular complexity index is 1890. The summed E-state index contributed by atoms with van der Waals surface area (Å²) >= 11 is 0. The van der Waals surface area contributed by atoms with E-state index in [-0.39, 0.29) is 50.9 Å². The lowest BCUT2D eigenvalue weighted by molar-refractivity contribution is -0.873. The zero-order valence-corrected chi connectivity index (χ0v) is 34.7. The molecule has 1 aliphatic heterocycles. The van der Waals surface area contributed by atoms with Gasteiger partial charge in [0, 0.05) is 19.0 Å². The first-order valence-corrected chi connectivity index (χ1v) is 16.7. The third-order valence-electron chi connectivity index (χ3n) is 8.57. The van der Waals surface area contributed by atoms with Crippen molar-refractivity contribution >= 4 is 22.9 Å². The number of hydrogen-bond donors (Lipinski definition) is 0. The normalized spacial score (nSPS) is 13.5. The Kier molecular flexibility index (Phi) is 14.7. The van der Waals surface area contributed by atoms with Crippen LogP contribution in [0.3, 0.4) is 0 Å². The molecular formula is C41H49Br3N4O2. The quantitative estimate of drug-likeness (QED) is 0.119. The molecule has 0 spiro atoms. The number of hydrogen-bond acceptors (Lipinski definition) is 3. The smallest absolute Gasteiger partial charge is 0.374 e. The zero-order chi connectivity index (χ0) is 33.0. The predicted octanol–water partition coefficient (Wildman–Crippen LogP) is -0.987. The number of allylic oxidation sites excluding steroid dienone is 2. The van der Waals surface area contributed by atoms with Gasteiger partial charge in [0.2, 0.25) is 11.5 Å². The Morgan fingerprint density at radius 1 is 0.660 bits per heavy atom. The van der Waals surface area contributed by atoms with E-state index in [2.05, 4.69) is 167 Å². The van der Waals surface area contributed by atoms with Crippen LogP contribution in [0.15, 0.2) is 120 Å². The summed E-state index contributed by atoms with van der Waals surface area (Å²) < 4.78 is 17.1. The Hall–Kier alpha value is -3.21. The Morgan fingerprint density at radius 3 is 1.86 bits per heavy atom. The first-order valence-electron chi connectivity index (χ1n) is 16.7. The summed E-state index contributed by atoms with van der Waals surface area (Å²) in [6.07, 6.45) is 8.31. The molecule has 6 nitrogen and oxygen atoms in total. The number of oxazole rings is 1. The van der Waals surface area contributed by atoms with Crippen LogP contribution in [0.25, 0.3) is 39.4 Å². The third kappa shape index (κ3) is 10.4. The summed E-state index contributed by atoms with van der Waals surface area (Å²) in [7, 11) is 13.5. The van der Waals surface area contributed by atoms with Crippen LogP contribution in [-0.2, 0) is 6.54 Å². The van der Waals surface area contributed by atoms with Crippen LogP contribution in [-0.4, -0.2) is 70.9 Å². The van der Waals surface area contributed by atoms with Gasteiger partial charge in [0.05, 0.1) is 73.6 Å². The average Bonchev–Trinajstić information content (AvgIpc) is 3.57. The number of benzene rings is 4. The number of halogens is 3. The molecule has 0 N–H and O–H groups in total. The van der Waals surface area contributed by atoms with Crippen LogP contribution in [0.4, 0.5) is 5.69 Å². The summed E-state index contributed by atoms with van der Waals surface area (Å²) in [4.78, 5) is 2.32. The summed E-state index contributed by atoms with van der Waals surface area (Å²) in [6.45, 7) is 3.89. The second kappa shape index (κ2) is 17.8. The molecule has 0 bridgehead atoms. The van der Waals surface area contributed by atoms with E-state index >= 15 is 0 Å². The summed E-state index contributed by atoms with van der Waals surface area (Å²) in [6, 6.07) is 34.1. The van der Waals surface area contributed by atoms with Crippen LogP contribution in [0, 0.1) is 0 Å². The van der Waals surface area contributed by atoms with Crippen molar-refractivity contribution in [3.8, 4) is 28.0 Å². The zero-order valence-electron chi connectivity index (χ0n) is 30.0. The standard InChI is InChI=1S/C41H49N4O2.3BrH/c1-44(2,3)28-14-26-42-36-30-34(32-16-9-7-10-17-32)22-24-38(36)46-40(42)20-13-21-41-43(27-15-29-45(4,5)6)37-31-35(23-25-39(37)47-41)33-18-11-8-12-19-33;;;/h7-13,16-25,30-31H,14-15,26-29H2,1-6H3;3*1H/q+3;;;/p-3. The molecule has 50 heavy (non-hydrogen) atoms. The highest BCUT2D eigenvalue weighted by atomic mass is 79.9. The highest BCUT2D eigenvalue weighted by molar-refractivity contribution is 5.79. The molecule has 1 aromatic heterocycles. The van der Waals surface area contributed by atoms with Crippen molar-refractivity contribution in [2.24, 2.45) is 0 Å². The van der Waals surface area contributed by atoms with Gasteiger partial charge in [-0.3, -0.25) is 0 Å². The fourth-order valence-electron chi connectivity index (χ4n) is 6.15. The van der Waals surface area contributed by atoms with E-state index < -0.39 is 0 Å². The molecule has 2 heterocycles. The SMILES string of the molecule is C[N+](C)(C)CCCN1C(=CC=Cc2oc3ccc(-c4ccccc4)cc3[n+]2CCC[N+](C)(C)C)Oc2ccc(-c3ccccc3)cc21.[Br-].[Br-].[Br-]. The molecule has 0 saturated heterocycles. The largest absolute Gasteiger partial charge is 1.00 e. The topological polar surface area (TPSA) is 29.5 Å². The second-order valence-electron chi connectivity index (χ2n) is 14.5. The lowest BCUT2D eigenvalue weighted by atomic mass is 10.0. The number of ether oxygens (including phenoxy) is 1. The van der Waals surface area contributed by atoms with Gasteiger partial charge in [0.25, 0.3) is 5.52 Å². The van der Waals surface area contributed by atoms with Crippen LogP contribution < -0.4 is 65.1 Å². The molecule has 0 aliphatic carbocycles. The molecule has 0 unspecified atom stereocenters. The maximum atomic E-state index is 6.48. The van der Waals surface area contributed by atoms with Gasteiger partial charge in [0.15, 0.2) is 12.3 Å². The maximum absolute atomic E-state index is 6.48. The van der Waals surface area contributed by atoms with Gasteiger partial charge < -0.3 is 74.0 Å². The number of aryl methyl sites for hydroxylation is 1. The number of quaternary nitrogens is 2. The van der Waals surface area contributed by atoms with Gasteiger partial charge in [-0.25, -0.2) is 0 Å². The summed E-state index contributed by atoms with van der Waals surface area (Å²) in [5, 5.41) is 0. The van der Waals surface area contributed by atoms with Crippen molar-refractivity contribution in [2.45, 2.75) is 19.4 Å². The molecule has 6 rings (SSSR count). The Labute approximate surface area is 329 Å². The highest BCUT2D eigenvalue weighted by Gasteiger charge is 2.27. The van der Waals surface area contributed by atoms with Gasteiger partial charge in [-0.2, -0.15) is 4.57 Å². The van der Waals surface area contributed by atoms with Crippen molar-refractivity contribution in [2.75, 3.05) is 66.8 Å². The third-order valence-corrected chi connectivity index (χ3v) is 8.57. The molecule has 0 radical (unpaired) electrons. The van der Waals surface area contributed by atoms with E-state index in [9.17, 15) is 0 Å². The van der Waals surface area contributed by atoms with Crippen molar-refractivity contribution < 1.29 is 73.6 Å². The predicted molar refractivity (Wildman–Crippen MR) is 194 cm³/mol. The van der Waals surface area contributed by atoms with Gasteiger partial charge in [-0.1, -0.05) is 72.8 Å². The molecule has 0 atom stereocenters. The molecular weight excluding hydrogens is 820 g/mol. The molecule has 266 valence electrons. The molecule has 5 aromatic rings. The minimum absolute atomic E-state index is 0. The van der Waals surface area contributed by atoms with Crippen molar-refractivity contribution in [1.82, 2.24) is 0 Å². The summed E-state index contributed by atoms with van der Waals surface area (Å²) in [5.74, 6) is 2.56. The first-order chi connectivity index (χ1) is 22.5. The lowest BCUT2D eigenvalue weighted by Crippen LogP contribution is -3.00. The van der Waals surface area contributed by atoms with Crippen LogP contribution in [0.1, 0.15) is 18.7 Å². The van der Waals surface area contributed by atoms with Crippen LogP contribution in [0.5, 0.6) is 5.75 Å². The Balaban J connectivity index is 0.00000225. The van der Waals surface area contributed by atoms with Crippen LogP contribution in [0.2, 0.25) is 0 Å². The van der Waals surface area contributed by atoms with Gasteiger partial charge >= 0.3 is 5.89 Å². The monoisotopic (exact) mass is 866 g/mol. The van der Waals surface area contributed by atoms with E-state index in [1.165, 1.54) is 22.3 Å². The molecule has 0 amide bonds. The molecule has 1 aliphatic rings. The van der Waals surface area contributed by atoms with E-state index in [1.807, 2.05) is 0 Å². The minimum atomic E-state index is 0. The second-order valence-corrected chi connectivity index (χ2v) is 14.5. The number of nitrogens with zero attached hydrogens (tertiary/aromatic N) is 4. The van der Waals surface area contributed by atoms with E-state index in [0.29, 0.717) is 0 Å². The van der Waals surface area contributed by atoms with E-state index in [4.69, 9.17) is 9.15 Å². The molecule has 9 heteroatoms. The maximum Gasteiger partial charge on any atom is 0.374 e. The van der Waals surface area contributed by atoms with Crippen molar-refractivity contribution in [1.29, 1.82) is 0 Å². The average molecular weight is 870 g/mol. The van der Waals surface area contributed by atoms with Crippen molar-refractivity contribution in [3.63, 3.8) is 0 Å². The molecule has 0 saturated carbocycles. The van der Waals surface area contributed by atoms with E-state index in [1.54, 1.807) is 0 Å². The number of fused-ring (bicyclic) bond motifs is 2. The number of anilines is 1. The minimum Gasteiger partial charge on any atom is -1.00 e. The fourth-order valence-corrected chi connectivity index (χ4v) is 6.15. The van der Waals surface area contributed by atoms with Gasteiger partial charge in [-0.15, -0.1) is 0 Å². The number of rotatable bonds is 12. The summed E-state index contributed by atoms with van der Waals surface area (Å²) in [5.41, 5.74) is 7.90. The Morgan fingerprint density at radius 2 is 1.24 bits per heavy atom. The fraction of sp³-hybridized carbons (Fsp3) is 0.293. The van der Waals surface area contributed by atoms with Crippen LogP contribution >= 0.6 is 0 Å². The van der Waals surface area contributed by atoms with Crippen molar-refractivity contribution in [3.05, 3.63) is 121 Å². The highest BCUT2D eigenvalue weighted by Crippen LogP contribution is 2.41. The number of aromatic nitrogens is 1.